The molecule has 0 aliphatic rings. The zero-order valence-corrected chi connectivity index (χ0v) is 12.5. The summed E-state index contributed by atoms with van der Waals surface area (Å²) < 4.78 is 0. The van der Waals surface area contributed by atoms with Gasteiger partial charge in [-0.3, -0.25) is 4.79 Å². The fourth-order valence-corrected chi connectivity index (χ4v) is 2.23. The maximum Gasteiger partial charge on any atom is 0.255 e. The average Bonchev–Trinajstić information content (AvgIpc) is 2.45. The normalized spacial score (nSPS) is 10.6. The number of carbonyl (C=O) groups excluding carboxylic acids is 1. The van der Waals surface area contributed by atoms with Crippen LogP contribution in [0, 0.1) is 5.92 Å². The molecule has 1 aromatic carbocycles. The molecule has 1 amide bonds. The number of pyridine rings is 1. The lowest BCUT2D eigenvalue weighted by molar-refractivity contribution is 0.0951. The molecule has 1 heterocycles. The van der Waals surface area contributed by atoms with E-state index in [1.807, 2.05) is 12.1 Å². The van der Waals surface area contributed by atoms with E-state index in [9.17, 15) is 4.79 Å². The first-order valence-corrected chi connectivity index (χ1v) is 7.12. The molecule has 0 spiro atoms. The summed E-state index contributed by atoms with van der Waals surface area (Å²) in [5.74, 6) is 0.670. The third-order valence-electron chi connectivity index (χ3n) is 3.17. The van der Waals surface area contributed by atoms with Crippen LogP contribution < -0.4 is 11.1 Å². The molecular weight excluding hydrogens is 262 g/mol. The van der Waals surface area contributed by atoms with Gasteiger partial charge in [0.15, 0.2) is 0 Å². The predicted molar refractivity (Wildman–Crippen MR) is 84.8 cm³/mol. The molecule has 3 N–H and O–H groups in total. The van der Waals surface area contributed by atoms with Gasteiger partial charge in [-0.15, -0.1) is 0 Å². The Bertz CT molecular complexity index is 623. The van der Waals surface area contributed by atoms with Gasteiger partial charge in [0.05, 0.1) is 5.56 Å². The van der Waals surface area contributed by atoms with Crippen LogP contribution in [-0.4, -0.2) is 10.9 Å². The molecule has 1 aromatic heterocycles. The Morgan fingerprint density at radius 3 is 2.71 bits per heavy atom. The summed E-state index contributed by atoms with van der Waals surface area (Å²) in [7, 11) is 0. The molecule has 110 valence electrons. The Hall–Kier alpha value is -2.36. The predicted octanol–water partition coefficient (Wildman–Crippen LogP) is 2.79. The summed E-state index contributed by atoms with van der Waals surface area (Å²) in [4.78, 5) is 16.0. The van der Waals surface area contributed by atoms with Crippen molar-refractivity contribution in [3.63, 3.8) is 0 Å². The molecular formula is C17H21N3O. The van der Waals surface area contributed by atoms with Crippen LogP contribution in [0.2, 0.25) is 0 Å². The SMILES string of the molecule is CC(C)Cc1cccc(CNC(=O)c2cccnc2N)c1. The Morgan fingerprint density at radius 2 is 2.00 bits per heavy atom. The summed E-state index contributed by atoms with van der Waals surface area (Å²) >= 11 is 0. The van der Waals surface area contributed by atoms with Crippen LogP contribution in [0.4, 0.5) is 5.82 Å². The van der Waals surface area contributed by atoms with Gasteiger partial charge in [0.1, 0.15) is 5.82 Å². The van der Waals surface area contributed by atoms with E-state index in [2.05, 4.69) is 36.3 Å². The minimum atomic E-state index is -0.199. The minimum Gasteiger partial charge on any atom is -0.383 e. The standard InChI is InChI=1S/C17H21N3O/c1-12(2)9-13-5-3-6-14(10-13)11-20-17(21)15-7-4-8-19-16(15)18/h3-8,10,12H,9,11H2,1-2H3,(H2,18,19)(H,20,21). The summed E-state index contributed by atoms with van der Waals surface area (Å²) in [6.07, 6.45) is 2.61. The van der Waals surface area contributed by atoms with Crippen molar-refractivity contribution in [2.45, 2.75) is 26.8 Å². The number of nitrogen functional groups attached to an aromatic ring is 1. The van der Waals surface area contributed by atoms with Gasteiger partial charge in [-0.2, -0.15) is 0 Å². The number of nitrogens with zero attached hydrogens (tertiary/aromatic N) is 1. The van der Waals surface area contributed by atoms with E-state index >= 15 is 0 Å². The molecule has 0 aliphatic heterocycles. The number of benzene rings is 1. The van der Waals surface area contributed by atoms with Gasteiger partial charge < -0.3 is 11.1 Å². The van der Waals surface area contributed by atoms with E-state index in [4.69, 9.17) is 5.73 Å². The second kappa shape index (κ2) is 6.88. The maximum absolute atomic E-state index is 12.1. The first kappa shape index (κ1) is 15.0. The van der Waals surface area contributed by atoms with Crippen molar-refractivity contribution in [3.05, 3.63) is 59.3 Å². The van der Waals surface area contributed by atoms with Crippen molar-refractivity contribution >= 4 is 11.7 Å². The molecule has 0 bridgehead atoms. The molecule has 21 heavy (non-hydrogen) atoms. The lowest BCUT2D eigenvalue weighted by atomic mass is 10.0. The Labute approximate surface area is 125 Å². The molecule has 0 fully saturated rings. The quantitative estimate of drug-likeness (QED) is 0.886. The van der Waals surface area contributed by atoms with Gasteiger partial charge in [0.2, 0.25) is 0 Å². The smallest absolute Gasteiger partial charge is 0.255 e. The molecule has 0 saturated carbocycles. The summed E-state index contributed by atoms with van der Waals surface area (Å²) in [5, 5.41) is 2.88. The highest BCUT2D eigenvalue weighted by Crippen LogP contribution is 2.11. The number of hydrogen-bond acceptors (Lipinski definition) is 3. The second-order valence-corrected chi connectivity index (χ2v) is 5.54. The van der Waals surface area contributed by atoms with Gasteiger partial charge >= 0.3 is 0 Å². The van der Waals surface area contributed by atoms with E-state index < -0.39 is 0 Å². The zero-order valence-electron chi connectivity index (χ0n) is 12.5. The highest BCUT2D eigenvalue weighted by molar-refractivity contribution is 5.98. The van der Waals surface area contributed by atoms with Crippen LogP contribution in [0.15, 0.2) is 42.6 Å². The van der Waals surface area contributed by atoms with Crippen LogP contribution in [0.25, 0.3) is 0 Å². The number of amides is 1. The van der Waals surface area contributed by atoms with Crippen molar-refractivity contribution < 1.29 is 4.79 Å². The largest absolute Gasteiger partial charge is 0.383 e. The number of aromatic nitrogens is 1. The first-order chi connectivity index (χ1) is 10.1. The van der Waals surface area contributed by atoms with E-state index in [-0.39, 0.29) is 11.7 Å². The number of hydrogen-bond donors (Lipinski definition) is 2. The lowest BCUT2D eigenvalue weighted by Crippen LogP contribution is -2.24. The second-order valence-electron chi connectivity index (χ2n) is 5.54. The van der Waals surface area contributed by atoms with E-state index in [1.54, 1.807) is 18.3 Å². The Morgan fingerprint density at radius 1 is 1.24 bits per heavy atom. The molecule has 0 saturated heterocycles. The highest BCUT2D eigenvalue weighted by Gasteiger charge is 2.09. The zero-order chi connectivity index (χ0) is 15.2. The average molecular weight is 283 g/mol. The van der Waals surface area contributed by atoms with Gasteiger partial charge in [0, 0.05) is 12.7 Å². The molecule has 0 radical (unpaired) electrons. The fourth-order valence-electron chi connectivity index (χ4n) is 2.23. The van der Waals surface area contributed by atoms with Crippen LogP contribution >= 0.6 is 0 Å². The third-order valence-corrected chi connectivity index (χ3v) is 3.17. The summed E-state index contributed by atoms with van der Waals surface area (Å²) in [6.45, 7) is 4.87. The van der Waals surface area contributed by atoms with Crippen LogP contribution in [-0.2, 0) is 13.0 Å². The molecule has 0 unspecified atom stereocenters. The number of rotatable bonds is 5. The van der Waals surface area contributed by atoms with E-state index in [1.165, 1.54) is 5.56 Å². The summed E-state index contributed by atoms with van der Waals surface area (Å²) in [6, 6.07) is 11.7. The third kappa shape index (κ3) is 4.31. The van der Waals surface area contributed by atoms with Crippen molar-refractivity contribution in [1.29, 1.82) is 0 Å². The maximum atomic E-state index is 12.1. The molecule has 4 nitrogen and oxygen atoms in total. The molecule has 0 atom stereocenters. The van der Waals surface area contributed by atoms with Gasteiger partial charge in [-0.1, -0.05) is 38.1 Å². The van der Waals surface area contributed by atoms with Gasteiger partial charge in [-0.05, 0) is 35.6 Å². The van der Waals surface area contributed by atoms with Crippen LogP contribution in [0.3, 0.4) is 0 Å². The number of nitrogens with two attached hydrogens (primary N) is 1. The molecule has 4 heteroatoms. The Kier molecular flexibility index (Phi) is 4.93. The van der Waals surface area contributed by atoms with Crippen molar-refractivity contribution in [2.75, 3.05) is 5.73 Å². The molecule has 2 aromatic rings. The Balaban J connectivity index is 2.00. The number of anilines is 1. The van der Waals surface area contributed by atoms with Crippen molar-refractivity contribution in [3.8, 4) is 0 Å². The first-order valence-electron chi connectivity index (χ1n) is 7.12. The highest BCUT2D eigenvalue weighted by atomic mass is 16.1. The molecule has 2 rings (SSSR count). The van der Waals surface area contributed by atoms with Gasteiger partial charge in [0.25, 0.3) is 5.91 Å². The van der Waals surface area contributed by atoms with Crippen LogP contribution in [0.5, 0.6) is 0 Å². The number of carbonyl (C=O) groups is 1. The minimum absolute atomic E-state index is 0.199. The van der Waals surface area contributed by atoms with Crippen molar-refractivity contribution in [1.82, 2.24) is 10.3 Å². The van der Waals surface area contributed by atoms with Crippen molar-refractivity contribution in [2.24, 2.45) is 5.92 Å². The lowest BCUT2D eigenvalue weighted by Gasteiger charge is -2.09. The fraction of sp³-hybridized carbons (Fsp3) is 0.294. The van der Waals surface area contributed by atoms with E-state index in [0.717, 1.165) is 12.0 Å². The topological polar surface area (TPSA) is 68.0 Å². The van der Waals surface area contributed by atoms with Gasteiger partial charge in [-0.25, -0.2) is 4.98 Å². The monoisotopic (exact) mass is 283 g/mol. The molecule has 0 aliphatic carbocycles. The van der Waals surface area contributed by atoms with Crippen LogP contribution in [0.1, 0.15) is 35.3 Å². The van der Waals surface area contributed by atoms with E-state index in [0.29, 0.717) is 18.0 Å². The number of nitrogens with one attached hydrogen (secondary N) is 1. The summed E-state index contributed by atoms with van der Waals surface area (Å²) in [5.41, 5.74) is 8.49.